The van der Waals surface area contributed by atoms with Crippen molar-refractivity contribution in [1.82, 2.24) is 0 Å². The first-order valence-electron chi connectivity index (χ1n) is 5.46. The van der Waals surface area contributed by atoms with Gasteiger partial charge in [-0.25, -0.2) is 8.42 Å². The Kier molecular flexibility index (Phi) is 3.77. The molecule has 1 aliphatic carbocycles. The van der Waals surface area contributed by atoms with Gasteiger partial charge < -0.3 is 0 Å². The highest BCUT2D eigenvalue weighted by Gasteiger charge is 2.34. The van der Waals surface area contributed by atoms with Gasteiger partial charge in [-0.2, -0.15) is 5.26 Å². The number of hydrogen-bond acceptors (Lipinski definition) is 3. The lowest BCUT2D eigenvalue weighted by Crippen LogP contribution is -2.27. The predicted molar refractivity (Wildman–Crippen MR) is 60.0 cm³/mol. The minimum absolute atomic E-state index is 0.148. The molecule has 15 heavy (non-hydrogen) atoms. The van der Waals surface area contributed by atoms with Gasteiger partial charge in [0, 0.05) is 6.26 Å². The maximum absolute atomic E-state index is 11.1. The second kappa shape index (κ2) is 4.52. The van der Waals surface area contributed by atoms with Crippen LogP contribution >= 0.6 is 0 Å². The molecule has 0 amide bonds. The van der Waals surface area contributed by atoms with E-state index in [-0.39, 0.29) is 11.2 Å². The zero-order valence-electron chi connectivity index (χ0n) is 9.49. The van der Waals surface area contributed by atoms with E-state index in [1.54, 1.807) is 0 Å². The minimum Gasteiger partial charge on any atom is -0.229 e. The quantitative estimate of drug-likeness (QED) is 0.745. The molecule has 0 N–H and O–H groups in total. The average Bonchev–Trinajstić information content (AvgIpc) is 2.17. The Morgan fingerprint density at radius 2 is 1.93 bits per heavy atom. The van der Waals surface area contributed by atoms with Crippen molar-refractivity contribution in [2.24, 2.45) is 11.3 Å². The summed E-state index contributed by atoms with van der Waals surface area (Å²) < 4.78 is 22.2. The van der Waals surface area contributed by atoms with Gasteiger partial charge in [0.15, 0.2) is 0 Å². The topological polar surface area (TPSA) is 57.9 Å². The first-order chi connectivity index (χ1) is 6.87. The van der Waals surface area contributed by atoms with Crippen molar-refractivity contribution in [3.05, 3.63) is 0 Å². The Morgan fingerprint density at radius 3 is 2.33 bits per heavy atom. The molecule has 86 valence electrons. The van der Waals surface area contributed by atoms with Crippen molar-refractivity contribution in [3.8, 4) is 6.07 Å². The van der Waals surface area contributed by atoms with Gasteiger partial charge in [-0.1, -0.05) is 6.92 Å². The molecule has 1 saturated carbocycles. The van der Waals surface area contributed by atoms with E-state index in [1.165, 1.54) is 6.26 Å². The van der Waals surface area contributed by atoms with Gasteiger partial charge in [-0.3, -0.25) is 0 Å². The number of nitrogens with zero attached hydrogens (tertiary/aromatic N) is 1. The van der Waals surface area contributed by atoms with Crippen LogP contribution in [0.15, 0.2) is 0 Å². The molecule has 0 heterocycles. The lowest BCUT2D eigenvalue weighted by molar-refractivity contribution is 0.214. The van der Waals surface area contributed by atoms with Gasteiger partial charge in [-0.05, 0) is 38.0 Å². The van der Waals surface area contributed by atoms with E-state index in [0.29, 0.717) is 12.3 Å². The Balaban J connectivity index is 2.59. The van der Waals surface area contributed by atoms with Crippen LogP contribution in [0.1, 0.15) is 39.0 Å². The summed E-state index contributed by atoms with van der Waals surface area (Å²) in [7, 11) is -2.94. The number of sulfone groups is 1. The third-order valence-corrected chi connectivity index (χ3v) is 4.37. The van der Waals surface area contributed by atoms with Crippen LogP contribution in [0.2, 0.25) is 0 Å². The first kappa shape index (κ1) is 12.5. The van der Waals surface area contributed by atoms with Crippen LogP contribution in [0.25, 0.3) is 0 Å². The highest BCUT2D eigenvalue weighted by Crippen LogP contribution is 2.41. The fourth-order valence-electron chi connectivity index (χ4n) is 2.11. The summed E-state index contributed by atoms with van der Waals surface area (Å²) in [6.07, 6.45) is 5.58. The van der Waals surface area contributed by atoms with E-state index in [0.717, 1.165) is 25.7 Å². The second-order valence-electron chi connectivity index (χ2n) is 4.95. The molecule has 0 aromatic rings. The summed E-state index contributed by atoms with van der Waals surface area (Å²) in [5, 5.41) is 9.18. The van der Waals surface area contributed by atoms with Gasteiger partial charge in [0.05, 0.1) is 17.2 Å². The van der Waals surface area contributed by atoms with E-state index >= 15 is 0 Å². The van der Waals surface area contributed by atoms with E-state index in [1.807, 2.05) is 0 Å². The smallest absolute Gasteiger partial charge is 0.147 e. The lowest BCUT2D eigenvalue weighted by Gasteiger charge is -2.33. The summed E-state index contributed by atoms with van der Waals surface area (Å²) in [5.41, 5.74) is -0.365. The van der Waals surface area contributed by atoms with Crippen LogP contribution in [0.4, 0.5) is 0 Å². The molecular formula is C11H19NO2S. The van der Waals surface area contributed by atoms with E-state index in [2.05, 4.69) is 13.0 Å². The largest absolute Gasteiger partial charge is 0.229 e. The molecule has 0 radical (unpaired) electrons. The first-order valence-corrected chi connectivity index (χ1v) is 7.52. The monoisotopic (exact) mass is 229 g/mol. The van der Waals surface area contributed by atoms with Crippen LogP contribution < -0.4 is 0 Å². The Morgan fingerprint density at radius 1 is 1.40 bits per heavy atom. The molecule has 0 aliphatic heterocycles. The van der Waals surface area contributed by atoms with Crippen molar-refractivity contribution in [3.63, 3.8) is 0 Å². The average molecular weight is 229 g/mol. The molecule has 0 bridgehead atoms. The van der Waals surface area contributed by atoms with Crippen molar-refractivity contribution in [2.45, 2.75) is 39.0 Å². The minimum atomic E-state index is -2.94. The maximum atomic E-state index is 11.1. The van der Waals surface area contributed by atoms with Crippen LogP contribution in [-0.4, -0.2) is 20.4 Å². The van der Waals surface area contributed by atoms with Crippen LogP contribution in [-0.2, 0) is 9.84 Å². The number of hydrogen-bond donors (Lipinski definition) is 0. The fraction of sp³-hybridized carbons (Fsp3) is 0.909. The Labute approximate surface area is 92.4 Å². The van der Waals surface area contributed by atoms with Gasteiger partial charge in [0.25, 0.3) is 0 Å². The third-order valence-electron chi connectivity index (χ3n) is 3.42. The maximum Gasteiger partial charge on any atom is 0.147 e. The normalized spacial score (nSPS) is 32.2. The van der Waals surface area contributed by atoms with Gasteiger partial charge in [0.2, 0.25) is 0 Å². The van der Waals surface area contributed by atoms with Crippen LogP contribution in [0, 0.1) is 22.7 Å². The molecular weight excluding hydrogens is 210 g/mol. The summed E-state index contributed by atoms with van der Waals surface area (Å²) in [4.78, 5) is 0. The summed E-state index contributed by atoms with van der Waals surface area (Å²) in [6.45, 7) is 2.19. The molecule has 4 heteroatoms. The standard InChI is InChI=1S/C11H19NO2S/c1-10-3-5-11(9-12,6-4-10)7-8-15(2,13)14/h10H,3-8H2,1-2H3. The van der Waals surface area contributed by atoms with Crippen molar-refractivity contribution >= 4 is 9.84 Å². The molecule has 0 unspecified atom stereocenters. The Hall–Kier alpha value is -0.560. The van der Waals surface area contributed by atoms with Gasteiger partial charge in [0.1, 0.15) is 9.84 Å². The molecule has 0 spiro atoms. The molecule has 1 aliphatic rings. The zero-order chi connectivity index (χ0) is 11.5. The van der Waals surface area contributed by atoms with Crippen molar-refractivity contribution < 1.29 is 8.42 Å². The van der Waals surface area contributed by atoms with Gasteiger partial charge in [-0.15, -0.1) is 0 Å². The lowest BCUT2D eigenvalue weighted by atomic mass is 9.70. The summed E-state index contributed by atoms with van der Waals surface area (Å²) in [5.74, 6) is 0.833. The molecule has 3 nitrogen and oxygen atoms in total. The molecule has 0 atom stereocenters. The molecule has 1 fully saturated rings. The number of rotatable bonds is 3. The highest BCUT2D eigenvalue weighted by atomic mass is 32.2. The van der Waals surface area contributed by atoms with Crippen molar-refractivity contribution in [1.29, 1.82) is 5.26 Å². The van der Waals surface area contributed by atoms with E-state index in [9.17, 15) is 13.7 Å². The number of nitriles is 1. The SMILES string of the molecule is CC1CCC(C#N)(CCS(C)(=O)=O)CC1. The summed E-state index contributed by atoms with van der Waals surface area (Å²) >= 11 is 0. The molecule has 1 rings (SSSR count). The molecule has 0 aromatic carbocycles. The second-order valence-corrected chi connectivity index (χ2v) is 7.21. The molecule has 0 aromatic heterocycles. The highest BCUT2D eigenvalue weighted by molar-refractivity contribution is 7.90. The molecule has 0 saturated heterocycles. The Bertz CT molecular complexity index is 345. The fourth-order valence-corrected chi connectivity index (χ4v) is 2.87. The zero-order valence-corrected chi connectivity index (χ0v) is 10.3. The summed E-state index contributed by atoms with van der Waals surface area (Å²) in [6, 6.07) is 2.35. The third kappa shape index (κ3) is 3.83. The van der Waals surface area contributed by atoms with E-state index < -0.39 is 9.84 Å². The van der Waals surface area contributed by atoms with Gasteiger partial charge >= 0.3 is 0 Å². The van der Waals surface area contributed by atoms with E-state index in [4.69, 9.17) is 0 Å². The van der Waals surface area contributed by atoms with Crippen LogP contribution in [0.3, 0.4) is 0 Å². The van der Waals surface area contributed by atoms with Crippen molar-refractivity contribution in [2.75, 3.05) is 12.0 Å². The predicted octanol–water partition coefficient (Wildman–Crippen LogP) is 2.14. The van der Waals surface area contributed by atoms with Crippen LogP contribution in [0.5, 0.6) is 0 Å².